The van der Waals surface area contributed by atoms with Crippen molar-refractivity contribution in [3.8, 4) is 0 Å². The highest BCUT2D eigenvalue weighted by atomic mass is 79.9. The van der Waals surface area contributed by atoms with E-state index in [-0.39, 0.29) is 16.6 Å². The Hall–Kier alpha value is -2.09. The summed E-state index contributed by atoms with van der Waals surface area (Å²) in [6.45, 7) is 1.79. The number of carbonyl (C=O) groups is 2. The van der Waals surface area contributed by atoms with Crippen LogP contribution in [0.1, 0.15) is 48.4 Å². The molecule has 0 bridgehead atoms. The molecule has 1 amide bonds. The van der Waals surface area contributed by atoms with Gasteiger partial charge in [0.15, 0.2) is 0 Å². The molecule has 0 saturated carbocycles. The van der Waals surface area contributed by atoms with Crippen LogP contribution in [0, 0.1) is 0 Å². The summed E-state index contributed by atoms with van der Waals surface area (Å²) in [4.78, 5) is 41.9. The van der Waals surface area contributed by atoms with E-state index in [1.807, 2.05) is 0 Å². The van der Waals surface area contributed by atoms with Crippen LogP contribution in [-0.4, -0.2) is 52.3 Å². The molecule has 0 spiro atoms. The van der Waals surface area contributed by atoms with Gasteiger partial charge in [-0.05, 0) is 47.8 Å². The van der Waals surface area contributed by atoms with Crippen molar-refractivity contribution in [3.63, 3.8) is 0 Å². The van der Waals surface area contributed by atoms with Gasteiger partial charge in [-0.15, -0.1) is 11.3 Å². The number of aromatic amines is 1. The summed E-state index contributed by atoms with van der Waals surface area (Å²) in [6.07, 6.45) is 2.64. The van der Waals surface area contributed by atoms with Gasteiger partial charge >= 0.3 is 5.97 Å². The van der Waals surface area contributed by atoms with Crippen LogP contribution in [0.25, 0.3) is 0 Å². The summed E-state index contributed by atoms with van der Waals surface area (Å²) in [7, 11) is -3.84. The van der Waals surface area contributed by atoms with E-state index in [0.29, 0.717) is 23.0 Å². The second kappa shape index (κ2) is 8.96. The molecule has 3 rings (SSSR count). The number of aromatic nitrogens is 2. The number of carbonyl (C=O) groups excluding carboxylic acids is 1. The number of sulfonamides is 1. The molecule has 1 aliphatic rings. The van der Waals surface area contributed by atoms with Crippen molar-refractivity contribution < 1.29 is 23.1 Å². The maximum atomic E-state index is 13.0. The lowest BCUT2D eigenvalue weighted by atomic mass is 10.0. The van der Waals surface area contributed by atoms with Crippen molar-refractivity contribution in [2.75, 3.05) is 6.54 Å². The van der Waals surface area contributed by atoms with Crippen LogP contribution in [0.4, 0.5) is 0 Å². The Morgan fingerprint density at radius 3 is 2.73 bits per heavy atom. The van der Waals surface area contributed by atoms with Gasteiger partial charge in [0, 0.05) is 12.7 Å². The van der Waals surface area contributed by atoms with Gasteiger partial charge in [0.05, 0.1) is 9.83 Å². The van der Waals surface area contributed by atoms with Gasteiger partial charge in [0.2, 0.25) is 5.91 Å². The van der Waals surface area contributed by atoms with Crippen molar-refractivity contribution in [2.24, 2.45) is 0 Å². The van der Waals surface area contributed by atoms with E-state index in [2.05, 4.69) is 31.2 Å². The molecule has 1 aliphatic heterocycles. The first-order valence-electron chi connectivity index (χ1n) is 9.01. The maximum Gasteiger partial charge on any atom is 0.342 e. The van der Waals surface area contributed by atoms with Crippen LogP contribution in [-0.2, 0) is 14.8 Å². The number of hydrogen-bond donors (Lipinski definition) is 3. The number of nitrogens with one attached hydrogen (secondary N) is 2. The molecule has 2 aromatic rings. The number of hydrogen-bond acceptors (Lipinski definition) is 7. The Labute approximate surface area is 184 Å². The molecule has 13 heteroatoms. The molecule has 162 valence electrons. The second-order valence-electron chi connectivity index (χ2n) is 6.73. The third kappa shape index (κ3) is 4.63. The van der Waals surface area contributed by atoms with E-state index >= 15 is 0 Å². The fourth-order valence-corrected chi connectivity index (χ4v) is 6.96. The van der Waals surface area contributed by atoms with Gasteiger partial charge in [-0.3, -0.25) is 9.59 Å². The van der Waals surface area contributed by atoms with Gasteiger partial charge in [-0.25, -0.2) is 18.2 Å². The standard InChI is InChI=1S/C17H19BrN4O6S2/c1-9(14-19-8-10(17(25)26)15(23)21-14)20-16(24)11-4-2-3-7-22(11)30(27,28)13-6-5-12(18)29-13/h5-6,8-9,11H,2-4,7H2,1H3,(H,20,24)(H,25,26)(H,19,21,23). The first-order chi connectivity index (χ1) is 14.1. The first-order valence-corrected chi connectivity index (χ1v) is 12.1. The molecule has 30 heavy (non-hydrogen) atoms. The molecule has 3 heterocycles. The highest BCUT2D eigenvalue weighted by molar-refractivity contribution is 9.11. The summed E-state index contributed by atoms with van der Waals surface area (Å²) < 4.78 is 28.1. The van der Waals surface area contributed by atoms with Gasteiger partial charge in [-0.1, -0.05) is 6.42 Å². The summed E-state index contributed by atoms with van der Waals surface area (Å²) >= 11 is 4.33. The smallest absolute Gasteiger partial charge is 0.342 e. The Balaban J connectivity index is 1.79. The molecule has 0 radical (unpaired) electrons. The quantitative estimate of drug-likeness (QED) is 0.526. The lowest BCUT2D eigenvalue weighted by molar-refractivity contribution is -0.126. The normalized spacial score (nSPS) is 18.7. The van der Waals surface area contributed by atoms with Crippen molar-refractivity contribution in [3.05, 3.63) is 43.9 Å². The molecule has 1 saturated heterocycles. The van der Waals surface area contributed by atoms with Crippen LogP contribution < -0.4 is 10.9 Å². The van der Waals surface area contributed by atoms with Crippen LogP contribution in [0.5, 0.6) is 0 Å². The Bertz CT molecular complexity index is 1130. The average molecular weight is 519 g/mol. The maximum absolute atomic E-state index is 13.0. The molecule has 10 nitrogen and oxygen atoms in total. The van der Waals surface area contributed by atoms with Crippen molar-refractivity contribution >= 4 is 49.2 Å². The Morgan fingerprint density at radius 1 is 1.40 bits per heavy atom. The number of halogens is 1. The van der Waals surface area contributed by atoms with Crippen molar-refractivity contribution in [1.29, 1.82) is 0 Å². The molecule has 1 fully saturated rings. The lowest BCUT2D eigenvalue weighted by Crippen LogP contribution is -2.52. The number of amides is 1. The number of H-pyrrole nitrogens is 1. The molecular weight excluding hydrogens is 500 g/mol. The third-order valence-electron chi connectivity index (χ3n) is 4.69. The monoisotopic (exact) mass is 518 g/mol. The van der Waals surface area contributed by atoms with Crippen LogP contribution in [0.3, 0.4) is 0 Å². The number of carboxylic acids is 1. The van der Waals surface area contributed by atoms with Crippen LogP contribution in [0.15, 0.2) is 31.1 Å². The van der Waals surface area contributed by atoms with Crippen molar-refractivity contribution in [1.82, 2.24) is 19.6 Å². The molecule has 2 atom stereocenters. The van der Waals surface area contributed by atoms with Crippen molar-refractivity contribution in [2.45, 2.75) is 42.5 Å². The summed E-state index contributed by atoms with van der Waals surface area (Å²) in [6, 6.07) is 1.49. The summed E-state index contributed by atoms with van der Waals surface area (Å²) in [5.41, 5.74) is -1.34. The van der Waals surface area contributed by atoms with Gasteiger partial charge in [0.1, 0.15) is 21.6 Å². The van der Waals surface area contributed by atoms with Gasteiger partial charge in [-0.2, -0.15) is 4.31 Å². The third-order valence-corrected chi connectivity index (χ3v) is 8.69. The number of rotatable bonds is 6. The van der Waals surface area contributed by atoms with E-state index in [4.69, 9.17) is 5.11 Å². The van der Waals surface area contributed by atoms with Gasteiger partial charge < -0.3 is 15.4 Å². The van der Waals surface area contributed by atoms with Gasteiger partial charge in [0.25, 0.3) is 15.6 Å². The average Bonchev–Trinajstić information content (AvgIpc) is 3.14. The zero-order chi connectivity index (χ0) is 22.1. The second-order valence-corrected chi connectivity index (χ2v) is 11.3. The number of aromatic carboxylic acids is 1. The number of thiophene rings is 1. The fraction of sp³-hybridized carbons (Fsp3) is 0.412. The zero-order valence-electron chi connectivity index (χ0n) is 15.8. The zero-order valence-corrected chi connectivity index (χ0v) is 19.0. The highest BCUT2D eigenvalue weighted by Gasteiger charge is 2.38. The highest BCUT2D eigenvalue weighted by Crippen LogP contribution is 2.32. The fourth-order valence-electron chi connectivity index (χ4n) is 3.17. The predicted molar refractivity (Wildman–Crippen MR) is 112 cm³/mol. The summed E-state index contributed by atoms with van der Waals surface area (Å²) in [5, 5.41) is 11.6. The SMILES string of the molecule is CC(NC(=O)C1CCCCN1S(=O)(=O)c1ccc(Br)s1)c1ncc(C(=O)O)c(=O)[nH]1. The predicted octanol–water partition coefficient (Wildman–Crippen LogP) is 1.71. The minimum Gasteiger partial charge on any atom is -0.477 e. The van der Waals surface area contributed by atoms with E-state index < -0.39 is 45.1 Å². The number of nitrogens with zero attached hydrogens (tertiary/aromatic N) is 2. The molecule has 0 aliphatic carbocycles. The largest absolute Gasteiger partial charge is 0.477 e. The van der Waals surface area contributed by atoms with E-state index in [1.54, 1.807) is 13.0 Å². The minimum atomic E-state index is -3.84. The molecule has 2 unspecified atom stereocenters. The van der Waals surface area contributed by atoms with E-state index in [0.717, 1.165) is 17.5 Å². The number of piperidine rings is 1. The molecule has 0 aromatic carbocycles. The van der Waals surface area contributed by atoms with Crippen LogP contribution >= 0.6 is 27.3 Å². The Morgan fingerprint density at radius 2 is 2.13 bits per heavy atom. The molecule has 2 aromatic heterocycles. The van der Waals surface area contributed by atoms with Crippen LogP contribution in [0.2, 0.25) is 0 Å². The Kier molecular flexibility index (Phi) is 6.75. The van der Waals surface area contributed by atoms with E-state index in [9.17, 15) is 22.8 Å². The lowest BCUT2D eigenvalue weighted by Gasteiger charge is -2.33. The topological polar surface area (TPSA) is 150 Å². The summed E-state index contributed by atoms with van der Waals surface area (Å²) in [5.74, 6) is -1.84. The van der Waals surface area contributed by atoms with E-state index in [1.165, 1.54) is 10.4 Å². The first kappa shape index (κ1) is 22.6. The number of carboxylic acid groups (broad SMARTS) is 1. The molecular formula is C17H19BrN4O6S2. The minimum absolute atomic E-state index is 0.0748. The molecule has 3 N–H and O–H groups in total.